The molecule has 9 heteroatoms. The van der Waals surface area contributed by atoms with E-state index < -0.39 is 5.92 Å². The maximum Gasteiger partial charge on any atom is 0.409 e. The van der Waals surface area contributed by atoms with E-state index in [1.807, 2.05) is 13.8 Å². The van der Waals surface area contributed by atoms with Crippen molar-refractivity contribution in [2.75, 3.05) is 51.3 Å². The lowest BCUT2D eigenvalue weighted by atomic mass is 10.1. The van der Waals surface area contributed by atoms with E-state index in [2.05, 4.69) is 0 Å². The molecule has 2 saturated heterocycles. The van der Waals surface area contributed by atoms with Gasteiger partial charge in [0.1, 0.15) is 5.75 Å². The van der Waals surface area contributed by atoms with Crippen LogP contribution in [0.3, 0.4) is 0 Å². The molecule has 0 radical (unpaired) electrons. The smallest absolute Gasteiger partial charge is 0.409 e. The fourth-order valence-electron chi connectivity index (χ4n) is 3.89. The highest BCUT2D eigenvalue weighted by Gasteiger charge is 2.38. The zero-order valence-electron chi connectivity index (χ0n) is 18.3. The SMILES string of the molecule is COc1ccc(Cl)cc1N1CC(C(=O)N2CCCN(C(=O)OCC(C)C)CC2)CC1=O. The number of methoxy groups -OCH3 is 1. The van der Waals surface area contributed by atoms with Crippen LogP contribution in [0.5, 0.6) is 5.75 Å². The Labute approximate surface area is 188 Å². The number of benzene rings is 1. The van der Waals surface area contributed by atoms with E-state index in [4.69, 9.17) is 21.1 Å². The molecule has 0 saturated carbocycles. The first-order valence-corrected chi connectivity index (χ1v) is 11.0. The highest BCUT2D eigenvalue weighted by atomic mass is 35.5. The second kappa shape index (κ2) is 10.2. The maximum atomic E-state index is 13.1. The molecule has 3 amide bonds. The van der Waals surface area contributed by atoms with Crippen LogP contribution in [-0.4, -0.2) is 74.1 Å². The minimum absolute atomic E-state index is 0.0609. The number of amides is 3. The van der Waals surface area contributed by atoms with E-state index in [0.717, 1.165) is 0 Å². The van der Waals surface area contributed by atoms with Crippen molar-refractivity contribution in [1.82, 2.24) is 9.80 Å². The van der Waals surface area contributed by atoms with E-state index in [1.165, 1.54) is 7.11 Å². The fraction of sp³-hybridized carbons (Fsp3) is 0.591. The summed E-state index contributed by atoms with van der Waals surface area (Å²) in [4.78, 5) is 43.0. The Kier molecular flexibility index (Phi) is 7.64. The lowest BCUT2D eigenvalue weighted by molar-refractivity contribution is -0.135. The van der Waals surface area contributed by atoms with Crippen LogP contribution >= 0.6 is 11.6 Å². The van der Waals surface area contributed by atoms with Crippen LogP contribution < -0.4 is 9.64 Å². The monoisotopic (exact) mass is 451 g/mol. The number of rotatable bonds is 5. The zero-order valence-corrected chi connectivity index (χ0v) is 19.1. The van der Waals surface area contributed by atoms with E-state index in [-0.39, 0.29) is 36.8 Å². The van der Waals surface area contributed by atoms with Crippen molar-refractivity contribution in [1.29, 1.82) is 0 Å². The van der Waals surface area contributed by atoms with Crippen LogP contribution in [0.25, 0.3) is 0 Å². The highest BCUT2D eigenvalue weighted by molar-refractivity contribution is 6.31. The van der Waals surface area contributed by atoms with Crippen LogP contribution in [0.15, 0.2) is 18.2 Å². The van der Waals surface area contributed by atoms with E-state index in [9.17, 15) is 14.4 Å². The van der Waals surface area contributed by atoms with Gasteiger partial charge in [0.25, 0.3) is 0 Å². The molecule has 1 aromatic rings. The molecule has 31 heavy (non-hydrogen) atoms. The third-order valence-corrected chi connectivity index (χ3v) is 5.75. The first-order chi connectivity index (χ1) is 14.8. The summed E-state index contributed by atoms with van der Waals surface area (Å²) in [6.07, 6.45) is 0.485. The predicted molar refractivity (Wildman–Crippen MR) is 117 cm³/mol. The molecule has 2 fully saturated rings. The number of carbonyl (C=O) groups is 3. The molecule has 2 aliphatic heterocycles. The summed E-state index contributed by atoms with van der Waals surface area (Å²) < 4.78 is 10.7. The number of anilines is 1. The molecule has 3 rings (SSSR count). The Bertz CT molecular complexity index is 831. The van der Waals surface area contributed by atoms with Crippen molar-refractivity contribution in [3.63, 3.8) is 0 Å². The molecule has 1 atom stereocenters. The summed E-state index contributed by atoms with van der Waals surface area (Å²) in [5.41, 5.74) is 0.574. The maximum absolute atomic E-state index is 13.1. The summed E-state index contributed by atoms with van der Waals surface area (Å²) in [5, 5.41) is 0.496. The van der Waals surface area contributed by atoms with Crippen LogP contribution in [0.4, 0.5) is 10.5 Å². The summed E-state index contributed by atoms with van der Waals surface area (Å²) in [6.45, 7) is 6.60. The van der Waals surface area contributed by atoms with Gasteiger partial charge in [-0.1, -0.05) is 25.4 Å². The Morgan fingerprint density at radius 1 is 1.16 bits per heavy atom. The van der Waals surface area contributed by atoms with Crippen molar-refractivity contribution in [2.45, 2.75) is 26.7 Å². The van der Waals surface area contributed by atoms with Crippen molar-refractivity contribution >= 4 is 35.2 Å². The first-order valence-electron chi connectivity index (χ1n) is 10.6. The molecule has 2 heterocycles. The molecule has 8 nitrogen and oxygen atoms in total. The van der Waals surface area contributed by atoms with Crippen molar-refractivity contribution < 1.29 is 23.9 Å². The molecular formula is C22H30ClN3O5. The van der Waals surface area contributed by atoms with Gasteiger partial charge in [-0.3, -0.25) is 9.59 Å². The number of nitrogens with zero attached hydrogens (tertiary/aromatic N) is 3. The Hall–Kier alpha value is -2.48. The molecule has 2 aliphatic rings. The largest absolute Gasteiger partial charge is 0.495 e. The third-order valence-electron chi connectivity index (χ3n) is 5.51. The van der Waals surface area contributed by atoms with Gasteiger partial charge in [0.15, 0.2) is 0 Å². The summed E-state index contributed by atoms with van der Waals surface area (Å²) in [7, 11) is 1.53. The van der Waals surface area contributed by atoms with Gasteiger partial charge in [-0.15, -0.1) is 0 Å². The second-order valence-electron chi connectivity index (χ2n) is 8.36. The minimum atomic E-state index is -0.435. The van der Waals surface area contributed by atoms with Crippen LogP contribution in [0.2, 0.25) is 5.02 Å². The number of hydrogen-bond donors (Lipinski definition) is 0. The van der Waals surface area contributed by atoms with Gasteiger partial charge in [-0.25, -0.2) is 4.79 Å². The number of ether oxygens (including phenoxy) is 2. The van der Waals surface area contributed by atoms with Crippen molar-refractivity contribution in [2.24, 2.45) is 11.8 Å². The highest BCUT2D eigenvalue weighted by Crippen LogP contribution is 2.35. The fourth-order valence-corrected chi connectivity index (χ4v) is 4.05. The van der Waals surface area contributed by atoms with E-state index in [1.54, 1.807) is 32.9 Å². The van der Waals surface area contributed by atoms with Gasteiger partial charge in [-0.05, 0) is 30.5 Å². The molecule has 0 spiro atoms. The van der Waals surface area contributed by atoms with Gasteiger partial charge in [0, 0.05) is 44.2 Å². The van der Waals surface area contributed by atoms with Gasteiger partial charge in [-0.2, -0.15) is 0 Å². The normalized spacial score (nSPS) is 19.6. The van der Waals surface area contributed by atoms with Gasteiger partial charge >= 0.3 is 6.09 Å². The molecule has 0 aromatic heterocycles. The Morgan fingerprint density at radius 2 is 1.87 bits per heavy atom. The molecule has 0 bridgehead atoms. The van der Waals surface area contributed by atoms with Gasteiger partial charge in [0.2, 0.25) is 11.8 Å². The van der Waals surface area contributed by atoms with Crippen molar-refractivity contribution in [3.8, 4) is 5.75 Å². The summed E-state index contributed by atoms with van der Waals surface area (Å²) in [6, 6.07) is 5.09. The average Bonchev–Trinajstić information content (AvgIpc) is 2.96. The van der Waals surface area contributed by atoms with Crippen LogP contribution in [-0.2, 0) is 14.3 Å². The topological polar surface area (TPSA) is 79.4 Å². The first kappa shape index (κ1) is 23.2. The molecule has 0 N–H and O–H groups in total. The molecule has 1 aromatic carbocycles. The molecule has 0 aliphatic carbocycles. The van der Waals surface area contributed by atoms with Crippen LogP contribution in [0.1, 0.15) is 26.7 Å². The van der Waals surface area contributed by atoms with E-state index in [0.29, 0.717) is 55.7 Å². The number of hydrogen-bond acceptors (Lipinski definition) is 5. The van der Waals surface area contributed by atoms with E-state index >= 15 is 0 Å². The Balaban J connectivity index is 1.62. The molecular weight excluding hydrogens is 422 g/mol. The summed E-state index contributed by atoms with van der Waals surface area (Å²) in [5.74, 6) is 0.184. The quantitative estimate of drug-likeness (QED) is 0.687. The minimum Gasteiger partial charge on any atom is -0.495 e. The summed E-state index contributed by atoms with van der Waals surface area (Å²) >= 11 is 6.11. The Morgan fingerprint density at radius 3 is 2.58 bits per heavy atom. The number of halogens is 1. The molecule has 170 valence electrons. The average molecular weight is 452 g/mol. The lowest BCUT2D eigenvalue weighted by Crippen LogP contribution is -2.41. The second-order valence-corrected chi connectivity index (χ2v) is 8.79. The molecule has 1 unspecified atom stereocenters. The zero-order chi connectivity index (χ0) is 22.5. The number of carbonyl (C=O) groups excluding carboxylic acids is 3. The van der Waals surface area contributed by atoms with Gasteiger partial charge < -0.3 is 24.2 Å². The van der Waals surface area contributed by atoms with Gasteiger partial charge in [0.05, 0.1) is 25.3 Å². The third kappa shape index (κ3) is 5.61. The van der Waals surface area contributed by atoms with Crippen LogP contribution in [0, 0.1) is 11.8 Å². The standard InChI is InChI=1S/C22H30ClN3O5/c1-15(2)14-31-22(29)25-8-4-7-24(9-10-25)21(28)16-11-20(27)26(13-16)18-12-17(23)5-6-19(18)30-3/h5-6,12,15-16H,4,7-11,13-14H2,1-3H3. The predicted octanol–water partition coefficient (Wildman–Crippen LogP) is 3.03. The lowest BCUT2D eigenvalue weighted by Gasteiger charge is -2.25. The van der Waals surface area contributed by atoms with Crippen molar-refractivity contribution in [3.05, 3.63) is 23.2 Å².